The van der Waals surface area contributed by atoms with Crippen LogP contribution in [0.1, 0.15) is 34.1 Å². The molecule has 1 saturated heterocycles. The van der Waals surface area contributed by atoms with Gasteiger partial charge in [-0.05, 0) is 30.4 Å². The zero-order valence-corrected chi connectivity index (χ0v) is 20.2. The first kappa shape index (κ1) is 23.8. The molecule has 1 aromatic heterocycles. The highest BCUT2D eigenvalue weighted by molar-refractivity contribution is 7.99. The van der Waals surface area contributed by atoms with Crippen molar-refractivity contribution in [2.75, 3.05) is 23.8 Å². The first-order valence-corrected chi connectivity index (χ1v) is 13.5. The average molecular weight is 466 g/mol. The van der Waals surface area contributed by atoms with E-state index in [1.54, 1.807) is 21.6 Å². The van der Waals surface area contributed by atoms with Gasteiger partial charge in [-0.3, -0.25) is 14.2 Å². The minimum Gasteiger partial charge on any atom is -0.338 e. The van der Waals surface area contributed by atoms with Crippen LogP contribution in [0.4, 0.5) is 0 Å². The summed E-state index contributed by atoms with van der Waals surface area (Å²) in [7, 11) is -3.09. The number of aromatic nitrogens is 2. The van der Waals surface area contributed by atoms with Crippen molar-refractivity contribution in [2.45, 2.75) is 51.9 Å². The molecule has 170 valence electrons. The number of nitrogens with zero attached hydrogens (tertiary/aromatic N) is 3. The molecule has 1 atom stereocenters. The second-order valence-corrected chi connectivity index (χ2v) is 12.2. The zero-order chi connectivity index (χ0) is 22.8. The summed E-state index contributed by atoms with van der Waals surface area (Å²) in [5.41, 5.74) is 0.513. The zero-order valence-electron chi connectivity index (χ0n) is 18.6. The number of thioether (sulfide) groups is 1. The molecule has 0 aliphatic carbocycles. The predicted molar refractivity (Wildman–Crippen MR) is 125 cm³/mol. The Labute approximate surface area is 188 Å². The van der Waals surface area contributed by atoms with Crippen LogP contribution in [0.5, 0.6) is 0 Å². The molecule has 3 rings (SSSR count). The third kappa shape index (κ3) is 5.88. The molecule has 0 saturated carbocycles. The van der Waals surface area contributed by atoms with Crippen molar-refractivity contribution >= 4 is 38.4 Å². The molecular formula is C22H31N3O4S2. The van der Waals surface area contributed by atoms with E-state index in [4.69, 9.17) is 0 Å². The predicted octanol–water partition coefficient (Wildman–Crippen LogP) is 2.82. The lowest BCUT2D eigenvalue weighted by Crippen LogP contribution is -2.44. The summed E-state index contributed by atoms with van der Waals surface area (Å²) < 4.78 is 25.6. The minimum atomic E-state index is -3.09. The number of hydrogen-bond donors (Lipinski definition) is 0. The maximum absolute atomic E-state index is 13.1. The van der Waals surface area contributed by atoms with Gasteiger partial charge in [0.1, 0.15) is 0 Å². The molecule has 0 spiro atoms. The van der Waals surface area contributed by atoms with Gasteiger partial charge in [-0.1, -0.05) is 51.6 Å². The quantitative estimate of drug-likeness (QED) is 0.440. The summed E-state index contributed by atoms with van der Waals surface area (Å²) in [6, 6.07) is 6.96. The summed E-state index contributed by atoms with van der Waals surface area (Å²) in [6.45, 7) is 9.13. The number of fused-ring (bicyclic) bond motifs is 1. The Kier molecular flexibility index (Phi) is 7.47. The minimum absolute atomic E-state index is 0.0302. The standard InChI is InChI=1S/C22H31N3O4S2/c1-15(2)11-24(17-9-10-31(28,29)14-17)20(26)13-30-22-23-19-8-6-5-7-18(19)21(27)25(22)12-16(3)4/h5-8,15-17H,9-14H2,1-4H3. The topological polar surface area (TPSA) is 89.3 Å². The summed E-state index contributed by atoms with van der Waals surface area (Å²) >= 11 is 1.25. The van der Waals surface area contributed by atoms with Gasteiger partial charge in [0, 0.05) is 19.1 Å². The SMILES string of the molecule is CC(C)CN(C(=O)CSc1nc2ccccc2c(=O)n1CC(C)C)C1CCS(=O)(=O)C1. The van der Waals surface area contributed by atoms with Gasteiger partial charge in [-0.2, -0.15) is 0 Å². The lowest BCUT2D eigenvalue weighted by Gasteiger charge is -2.30. The molecule has 1 aromatic carbocycles. The van der Waals surface area contributed by atoms with Crippen molar-refractivity contribution in [3.8, 4) is 0 Å². The van der Waals surface area contributed by atoms with Gasteiger partial charge in [0.25, 0.3) is 5.56 Å². The second-order valence-electron chi connectivity index (χ2n) is 9.01. The van der Waals surface area contributed by atoms with Crippen molar-refractivity contribution in [1.82, 2.24) is 14.5 Å². The van der Waals surface area contributed by atoms with Crippen LogP contribution in [0.2, 0.25) is 0 Å². The highest BCUT2D eigenvalue weighted by Gasteiger charge is 2.34. The van der Waals surface area contributed by atoms with E-state index in [0.717, 1.165) is 0 Å². The molecule has 1 aliphatic heterocycles. The maximum atomic E-state index is 13.1. The van der Waals surface area contributed by atoms with E-state index < -0.39 is 9.84 Å². The van der Waals surface area contributed by atoms with Crippen molar-refractivity contribution in [3.63, 3.8) is 0 Å². The first-order chi connectivity index (χ1) is 14.6. The largest absolute Gasteiger partial charge is 0.338 e. The molecule has 1 amide bonds. The number of hydrogen-bond acceptors (Lipinski definition) is 6. The van der Waals surface area contributed by atoms with Crippen molar-refractivity contribution in [1.29, 1.82) is 0 Å². The van der Waals surface area contributed by atoms with Crippen LogP contribution in [0.25, 0.3) is 10.9 Å². The second kappa shape index (κ2) is 9.73. The van der Waals surface area contributed by atoms with Gasteiger partial charge in [0.05, 0.1) is 28.2 Å². The van der Waals surface area contributed by atoms with Gasteiger partial charge >= 0.3 is 0 Å². The molecule has 0 radical (unpaired) electrons. The van der Waals surface area contributed by atoms with Crippen molar-refractivity contribution < 1.29 is 13.2 Å². The normalized spacial score (nSPS) is 18.2. The number of carbonyl (C=O) groups is 1. The Morgan fingerprint density at radius 3 is 2.55 bits per heavy atom. The molecule has 2 aromatic rings. The maximum Gasteiger partial charge on any atom is 0.262 e. The summed E-state index contributed by atoms with van der Waals surface area (Å²) in [6.07, 6.45) is 0.484. The van der Waals surface area contributed by atoms with E-state index in [0.29, 0.717) is 35.6 Å². The first-order valence-electron chi connectivity index (χ1n) is 10.7. The van der Waals surface area contributed by atoms with Crippen LogP contribution >= 0.6 is 11.8 Å². The summed E-state index contributed by atoms with van der Waals surface area (Å²) in [5.74, 6) is 0.646. The monoisotopic (exact) mass is 465 g/mol. The highest BCUT2D eigenvalue weighted by Crippen LogP contribution is 2.23. The van der Waals surface area contributed by atoms with Gasteiger partial charge < -0.3 is 4.90 Å². The van der Waals surface area contributed by atoms with Gasteiger partial charge in [-0.25, -0.2) is 13.4 Å². The fourth-order valence-electron chi connectivity index (χ4n) is 3.86. The Bertz CT molecular complexity index is 1110. The Morgan fingerprint density at radius 2 is 1.94 bits per heavy atom. The number of carbonyl (C=O) groups excluding carboxylic acids is 1. The van der Waals surface area contributed by atoms with E-state index in [-0.39, 0.29) is 46.6 Å². The molecule has 1 unspecified atom stereocenters. The van der Waals surface area contributed by atoms with Crippen LogP contribution < -0.4 is 5.56 Å². The molecule has 0 N–H and O–H groups in total. The van der Waals surface area contributed by atoms with E-state index >= 15 is 0 Å². The average Bonchev–Trinajstić information content (AvgIpc) is 3.05. The molecule has 0 bridgehead atoms. The fraction of sp³-hybridized carbons (Fsp3) is 0.591. The molecule has 9 heteroatoms. The van der Waals surface area contributed by atoms with E-state index in [1.807, 2.05) is 39.8 Å². The molecule has 31 heavy (non-hydrogen) atoms. The van der Waals surface area contributed by atoms with Crippen LogP contribution in [-0.4, -0.2) is 58.6 Å². The van der Waals surface area contributed by atoms with Crippen molar-refractivity contribution in [2.24, 2.45) is 11.8 Å². The number of rotatable bonds is 8. The molecule has 1 aliphatic rings. The fourth-order valence-corrected chi connectivity index (χ4v) is 6.49. The van der Waals surface area contributed by atoms with Crippen LogP contribution in [0.3, 0.4) is 0 Å². The smallest absolute Gasteiger partial charge is 0.262 e. The lowest BCUT2D eigenvalue weighted by atomic mass is 10.1. The third-order valence-electron chi connectivity index (χ3n) is 5.23. The van der Waals surface area contributed by atoms with Crippen LogP contribution in [-0.2, 0) is 21.2 Å². The number of benzene rings is 1. The third-order valence-corrected chi connectivity index (χ3v) is 7.94. The Hall–Kier alpha value is -1.87. The lowest BCUT2D eigenvalue weighted by molar-refractivity contribution is -0.130. The van der Waals surface area contributed by atoms with E-state index in [9.17, 15) is 18.0 Å². The van der Waals surface area contributed by atoms with Gasteiger partial charge in [0.2, 0.25) is 5.91 Å². The van der Waals surface area contributed by atoms with Crippen LogP contribution in [0.15, 0.2) is 34.2 Å². The van der Waals surface area contributed by atoms with Crippen molar-refractivity contribution in [3.05, 3.63) is 34.6 Å². The van der Waals surface area contributed by atoms with Gasteiger partial charge in [0.15, 0.2) is 15.0 Å². The summed E-state index contributed by atoms with van der Waals surface area (Å²) in [4.78, 5) is 32.5. The number of amides is 1. The van der Waals surface area contributed by atoms with E-state index in [2.05, 4.69) is 4.98 Å². The number of para-hydroxylation sites is 1. The van der Waals surface area contributed by atoms with E-state index in [1.165, 1.54) is 11.8 Å². The molecular weight excluding hydrogens is 434 g/mol. The molecule has 2 heterocycles. The summed E-state index contributed by atoms with van der Waals surface area (Å²) in [5, 5.41) is 1.09. The Balaban J connectivity index is 1.85. The Morgan fingerprint density at radius 1 is 1.23 bits per heavy atom. The number of sulfone groups is 1. The molecule has 7 nitrogen and oxygen atoms in total. The molecule has 1 fully saturated rings. The van der Waals surface area contributed by atoms with Crippen LogP contribution in [0, 0.1) is 11.8 Å². The van der Waals surface area contributed by atoms with Gasteiger partial charge in [-0.15, -0.1) is 0 Å². The highest BCUT2D eigenvalue weighted by atomic mass is 32.2.